The van der Waals surface area contributed by atoms with Gasteiger partial charge in [-0.25, -0.2) is 0 Å². The van der Waals surface area contributed by atoms with Gasteiger partial charge in [-0.3, -0.25) is 9.59 Å². The molecule has 1 aliphatic rings. The topological polar surface area (TPSA) is 152 Å². The maximum Gasteiger partial charge on any atom is 0.306 e. The maximum atomic E-state index is 12.8. The molecule has 1 rings (SSSR count). The van der Waals surface area contributed by atoms with Crippen LogP contribution in [0.2, 0.25) is 0 Å². The van der Waals surface area contributed by atoms with E-state index in [-0.39, 0.29) is 32.0 Å². The van der Waals surface area contributed by atoms with Gasteiger partial charge in [0.05, 0.1) is 13.2 Å². The summed E-state index contributed by atoms with van der Waals surface area (Å²) in [6, 6.07) is 0. The van der Waals surface area contributed by atoms with Crippen molar-refractivity contribution in [3.8, 4) is 0 Å². The molecule has 62 heavy (non-hydrogen) atoms. The fourth-order valence-corrected chi connectivity index (χ4v) is 8.24. The van der Waals surface area contributed by atoms with Crippen LogP contribution in [0.3, 0.4) is 0 Å². The molecule has 366 valence electrons. The van der Waals surface area contributed by atoms with Gasteiger partial charge >= 0.3 is 11.9 Å². The molecule has 1 saturated heterocycles. The molecule has 10 nitrogen and oxygen atoms in total. The van der Waals surface area contributed by atoms with E-state index in [1.54, 1.807) is 0 Å². The van der Waals surface area contributed by atoms with Gasteiger partial charge in [0, 0.05) is 12.8 Å². The van der Waals surface area contributed by atoms with Crippen LogP contribution in [0.1, 0.15) is 251 Å². The second-order valence-corrected chi connectivity index (χ2v) is 18.3. The number of aliphatic hydroxyl groups is 4. The Bertz CT molecular complexity index is 1020. The molecule has 1 fully saturated rings. The average molecular weight is 883 g/mol. The van der Waals surface area contributed by atoms with Crippen LogP contribution in [-0.4, -0.2) is 89.0 Å². The number of esters is 2. The third-order valence-corrected chi connectivity index (χ3v) is 12.4. The lowest BCUT2D eigenvalue weighted by atomic mass is 9.99. The van der Waals surface area contributed by atoms with Gasteiger partial charge in [-0.15, -0.1) is 0 Å². The summed E-state index contributed by atoms with van der Waals surface area (Å²) in [4.78, 5) is 25.4. The molecule has 0 aromatic heterocycles. The smallest absolute Gasteiger partial charge is 0.306 e. The van der Waals surface area contributed by atoms with Gasteiger partial charge in [0.25, 0.3) is 0 Å². The summed E-state index contributed by atoms with van der Waals surface area (Å²) in [5.41, 5.74) is 0. The van der Waals surface area contributed by atoms with Gasteiger partial charge in [0.1, 0.15) is 31.0 Å². The largest absolute Gasteiger partial charge is 0.462 e. The molecule has 0 bridgehead atoms. The van der Waals surface area contributed by atoms with E-state index < -0.39 is 49.4 Å². The number of hydrogen-bond donors (Lipinski definition) is 4. The summed E-state index contributed by atoms with van der Waals surface area (Å²) in [5.74, 6) is -0.801. The molecular weight excluding hydrogens is 785 g/mol. The quantitative estimate of drug-likeness (QED) is 0.0264. The van der Waals surface area contributed by atoms with Crippen molar-refractivity contribution in [1.82, 2.24) is 0 Å². The van der Waals surface area contributed by atoms with Crippen molar-refractivity contribution >= 4 is 11.9 Å². The number of unbranched alkanes of at least 4 members (excludes halogenated alkanes) is 32. The van der Waals surface area contributed by atoms with E-state index in [1.807, 2.05) is 0 Å². The van der Waals surface area contributed by atoms with Gasteiger partial charge in [0.15, 0.2) is 12.4 Å². The normalized spacial score (nSPS) is 19.6. The SMILES string of the molecule is CCCCCCCCC/C=C\CCCCCCCC(=O)OC(COC(=O)CCCCCCCCCCCCCCCCCCCCCCC)COC1OC(CO)C(O)C(O)C1O. The summed E-state index contributed by atoms with van der Waals surface area (Å²) in [7, 11) is 0. The standard InChI is InChI=1S/C52H98O10/c1-3-5-7-9-11-13-15-17-19-21-22-23-24-25-27-28-30-32-34-36-38-40-47(54)59-43-45(44-60-52-51(58)50(57)49(56)46(42-53)62-52)61-48(55)41-39-37-35-33-31-29-26-20-18-16-14-12-10-8-6-4-2/h20,26,45-46,49-53,56-58H,3-19,21-25,27-44H2,1-2H3/b26-20-. The molecule has 10 heteroatoms. The summed E-state index contributed by atoms with van der Waals surface area (Å²) < 4.78 is 22.2. The molecular formula is C52H98O10. The Balaban J connectivity index is 2.23. The molecule has 0 saturated carbocycles. The Morgan fingerprint density at radius 1 is 0.484 bits per heavy atom. The van der Waals surface area contributed by atoms with E-state index in [0.717, 1.165) is 51.4 Å². The highest BCUT2D eigenvalue weighted by atomic mass is 16.7. The zero-order valence-electron chi connectivity index (χ0n) is 40.1. The molecule has 0 radical (unpaired) electrons. The zero-order valence-corrected chi connectivity index (χ0v) is 40.1. The van der Waals surface area contributed by atoms with Crippen LogP contribution in [0.4, 0.5) is 0 Å². The van der Waals surface area contributed by atoms with Gasteiger partial charge in [0.2, 0.25) is 0 Å². The van der Waals surface area contributed by atoms with Crippen LogP contribution < -0.4 is 0 Å². The van der Waals surface area contributed by atoms with Gasteiger partial charge in [-0.05, 0) is 38.5 Å². The first-order valence-electron chi connectivity index (χ1n) is 26.3. The number of hydrogen-bond acceptors (Lipinski definition) is 10. The molecule has 6 atom stereocenters. The number of allylic oxidation sites excluding steroid dienone is 2. The van der Waals surface area contributed by atoms with Crippen molar-refractivity contribution in [3.63, 3.8) is 0 Å². The van der Waals surface area contributed by atoms with Crippen LogP contribution in [-0.2, 0) is 28.5 Å². The van der Waals surface area contributed by atoms with Crippen LogP contribution in [0, 0.1) is 0 Å². The minimum Gasteiger partial charge on any atom is -0.462 e. The minimum absolute atomic E-state index is 0.215. The molecule has 1 heterocycles. The Labute approximate surface area is 380 Å². The molecule has 0 aromatic carbocycles. The van der Waals surface area contributed by atoms with Crippen molar-refractivity contribution in [2.24, 2.45) is 0 Å². The van der Waals surface area contributed by atoms with E-state index in [1.165, 1.54) is 167 Å². The Kier molecular flexibility index (Phi) is 40.9. The highest BCUT2D eigenvalue weighted by Gasteiger charge is 2.44. The van der Waals surface area contributed by atoms with E-state index in [4.69, 9.17) is 18.9 Å². The first-order valence-corrected chi connectivity index (χ1v) is 26.3. The number of aliphatic hydroxyl groups excluding tert-OH is 4. The van der Waals surface area contributed by atoms with Crippen molar-refractivity contribution in [1.29, 1.82) is 0 Å². The second-order valence-electron chi connectivity index (χ2n) is 18.3. The highest BCUT2D eigenvalue weighted by molar-refractivity contribution is 5.70. The lowest BCUT2D eigenvalue weighted by molar-refractivity contribution is -0.305. The minimum atomic E-state index is -1.59. The highest BCUT2D eigenvalue weighted by Crippen LogP contribution is 2.23. The Morgan fingerprint density at radius 3 is 1.26 bits per heavy atom. The molecule has 0 spiro atoms. The van der Waals surface area contributed by atoms with Gasteiger partial charge in [-0.2, -0.15) is 0 Å². The monoisotopic (exact) mass is 883 g/mol. The molecule has 0 aromatic rings. The molecule has 4 N–H and O–H groups in total. The third kappa shape index (κ3) is 33.9. The molecule has 1 aliphatic heterocycles. The van der Waals surface area contributed by atoms with Crippen LogP contribution in [0.15, 0.2) is 12.2 Å². The third-order valence-electron chi connectivity index (χ3n) is 12.4. The summed E-state index contributed by atoms with van der Waals surface area (Å²) in [6.45, 7) is 3.46. The van der Waals surface area contributed by atoms with Gasteiger partial charge < -0.3 is 39.4 Å². The van der Waals surface area contributed by atoms with Crippen molar-refractivity contribution < 1.29 is 49.0 Å². The predicted molar refractivity (Wildman–Crippen MR) is 252 cm³/mol. The average Bonchev–Trinajstić information content (AvgIpc) is 3.27. The number of ether oxygens (including phenoxy) is 4. The van der Waals surface area contributed by atoms with E-state index in [9.17, 15) is 30.0 Å². The van der Waals surface area contributed by atoms with Crippen molar-refractivity contribution in [2.45, 2.75) is 288 Å². The van der Waals surface area contributed by atoms with Crippen LogP contribution in [0.5, 0.6) is 0 Å². The second kappa shape index (κ2) is 43.3. The number of rotatable bonds is 45. The lowest BCUT2D eigenvalue weighted by Crippen LogP contribution is -2.59. The molecule has 0 amide bonds. The summed E-state index contributed by atoms with van der Waals surface area (Å²) >= 11 is 0. The number of carbonyl (C=O) groups excluding carboxylic acids is 2. The van der Waals surface area contributed by atoms with Gasteiger partial charge in [-0.1, -0.05) is 212 Å². The van der Waals surface area contributed by atoms with Crippen molar-refractivity contribution in [3.05, 3.63) is 12.2 Å². The Hall–Kier alpha value is -1.56. The first kappa shape index (κ1) is 58.5. The van der Waals surface area contributed by atoms with E-state index in [2.05, 4.69) is 26.0 Å². The molecule has 6 unspecified atom stereocenters. The maximum absolute atomic E-state index is 12.8. The lowest BCUT2D eigenvalue weighted by Gasteiger charge is -2.39. The first-order chi connectivity index (χ1) is 30.3. The van der Waals surface area contributed by atoms with E-state index >= 15 is 0 Å². The zero-order chi connectivity index (χ0) is 45.1. The fourth-order valence-electron chi connectivity index (χ4n) is 8.24. The fraction of sp³-hybridized carbons (Fsp3) is 0.923. The molecule has 0 aliphatic carbocycles. The summed E-state index contributed by atoms with van der Waals surface area (Å²) in [5, 5.41) is 40.2. The van der Waals surface area contributed by atoms with Crippen LogP contribution in [0.25, 0.3) is 0 Å². The predicted octanol–water partition coefficient (Wildman–Crippen LogP) is 12.3. The Morgan fingerprint density at radius 2 is 0.855 bits per heavy atom. The van der Waals surface area contributed by atoms with Crippen molar-refractivity contribution in [2.75, 3.05) is 19.8 Å². The number of carbonyl (C=O) groups is 2. The van der Waals surface area contributed by atoms with Crippen LogP contribution >= 0.6 is 0 Å². The van der Waals surface area contributed by atoms with E-state index in [0.29, 0.717) is 6.42 Å². The summed E-state index contributed by atoms with van der Waals surface area (Å²) in [6.07, 6.45) is 40.8.